The first-order chi connectivity index (χ1) is 8.69. The Bertz CT molecular complexity index is 389. The maximum Gasteiger partial charge on any atom is 0.249 e. The van der Waals surface area contributed by atoms with Gasteiger partial charge >= 0.3 is 0 Å². The van der Waals surface area contributed by atoms with Crippen molar-refractivity contribution in [1.82, 2.24) is 10.2 Å². The van der Waals surface area contributed by atoms with Crippen LogP contribution in [0, 0.1) is 5.41 Å². The van der Waals surface area contributed by atoms with Crippen LogP contribution in [0.15, 0.2) is 0 Å². The first-order valence-corrected chi connectivity index (χ1v) is 7.34. The van der Waals surface area contributed by atoms with Gasteiger partial charge in [-0.05, 0) is 32.1 Å². The molecule has 1 aliphatic heterocycles. The van der Waals surface area contributed by atoms with Gasteiger partial charge in [0.05, 0.1) is 0 Å². The van der Waals surface area contributed by atoms with Crippen molar-refractivity contribution >= 4 is 11.8 Å². The predicted octanol–water partition coefficient (Wildman–Crippen LogP) is 2.08. The van der Waals surface area contributed by atoms with Crippen LogP contribution < -0.4 is 5.32 Å². The Morgan fingerprint density at radius 1 is 1.21 bits per heavy atom. The second-order valence-corrected chi connectivity index (χ2v) is 7.35. The zero-order valence-corrected chi connectivity index (χ0v) is 12.7. The molecule has 2 rings (SSSR count). The Balaban J connectivity index is 2.40. The number of piperazine rings is 1. The maximum atomic E-state index is 12.9. The van der Waals surface area contributed by atoms with Crippen molar-refractivity contribution in [2.24, 2.45) is 5.41 Å². The minimum Gasteiger partial charge on any atom is -0.340 e. The molecular formula is C15H26N2O2. The second kappa shape index (κ2) is 4.50. The van der Waals surface area contributed by atoms with Crippen LogP contribution in [0.1, 0.15) is 60.3 Å². The number of carbonyl (C=O) groups is 2. The molecule has 0 aromatic rings. The van der Waals surface area contributed by atoms with E-state index in [0.29, 0.717) is 0 Å². The van der Waals surface area contributed by atoms with Crippen molar-refractivity contribution < 1.29 is 9.59 Å². The third kappa shape index (κ3) is 2.26. The molecule has 1 N–H and O–H groups in total. The summed E-state index contributed by atoms with van der Waals surface area (Å²) < 4.78 is 0. The molecular weight excluding hydrogens is 240 g/mol. The quantitative estimate of drug-likeness (QED) is 0.790. The zero-order chi connectivity index (χ0) is 14.4. The van der Waals surface area contributed by atoms with Crippen molar-refractivity contribution in [3.63, 3.8) is 0 Å². The van der Waals surface area contributed by atoms with E-state index in [1.165, 1.54) is 0 Å². The lowest BCUT2D eigenvalue weighted by atomic mass is 9.79. The van der Waals surface area contributed by atoms with Gasteiger partial charge in [-0.25, -0.2) is 0 Å². The molecule has 2 aliphatic rings. The van der Waals surface area contributed by atoms with Gasteiger partial charge in [-0.1, -0.05) is 33.6 Å². The largest absolute Gasteiger partial charge is 0.340 e. The molecule has 4 heteroatoms. The number of amides is 2. The van der Waals surface area contributed by atoms with Crippen LogP contribution >= 0.6 is 0 Å². The van der Waals surface area contributed by atoms with Crippen LogP contribution in [0.25, 0.3) is 0 Å². The molecule has 19 heavy (non-hydrogen) atoms. The summed E-state index contributed by atoms with van der Waals surface area (Å²) in [5.41, 5.74) is -0.854. The van der Waals surface area contributed by atoms with Crippen molar-refractivity contribution in [3.05, 3.63) is 0 Å². The third-order valence-corrected chi connectivity index (χ3v) is 4.37. The van der Waals surface area contributed by atoms with E-state index in [1.54, 1.807) is 0 Å². The minimum atomic E-state index is -0.608. The normalized spacial score (nSPS) is 27.3. The second-order valence-electron chi connectivity index (χ2n) is 7.35. The molecule has 0 radical (unpaired) electrons. The summed E-state index contributed by atoms with van der Waals surface area (Å²) in [5.74, 6) is 0.141. The summed E-state index contributed by atoms with van der Waals surface area (Å²) in [6, 6.07) is -0.313. The Kier molecular flexibility index (Phi) is 3.40. The molecule has 4 nitrogen and oxygen atoms in total. The molecule has 1 unspecified atom stereocenters. The fourth-order valence-corrected chi connectivity index (χ4v) is 3.51. The standard InChI is InChI=1S/C15H26N2O2/c1-10(2)17-11(14(3,4)5)12(18)16-15(13(17)19)8-6-7-9-15/h10-11H,6-9H2,1-5H3,(H,16,18). The number of nitrogens with one attached hydrogen (secondary N) is 1. The Hall–Kier alpha value is -1.06. The van der Waals surface area contributed by atoms with E-state index in [-0.39, 0.29) is 29.3 Å². The van der Waals surface area contributed by atoms with E-state index in [9.17, 15) is 9.59 Å². The molecule has 1 saturated heterocycles. The van der Waals surface area contributed by atoms with Gasteiger partial charge in [0.25, 0.3) is 0 Å². The minimum absolute atomic E-state index is 0.0164. The predicted molar refractivity (Wildman–Crippen MR) is 74.6 cm³/mol. The van der Waals surface area contributed by atoms with Gasteiger partial charge in [0.2, 0.25) is 11.8 Å². The molecule has 0 aromatic carbocycles. The summed E-state index contributed by atoms with van der Waals surface area (Å²) in [6.07, 6.45) is 3.63. The topological polar surface area (TPSA) is 49.4 Å². The Morgan fingerprint density at radius 3 is 2.16 bits per heavy atom. The SMILES string of the molecule is CC(C)N1C(=O)C2(CCCC2)NC(=O)C1C(C)(C)C. The fourth-order valence-electron chi connectivity index (χ4n) is 3.51. The van der Waals surface area contributed by atoms with Crippen LogP contribution in [0.4, 0.5) is 0 Å². The fraction of sp³-hybridized carbons (Fsp3) is 0.867. The van der Waals surface area contributed by atoms with Crippen molar-refractivity contribution in [3.8, 4) is 0 Å². The first-order valence-electron chi connectivity index (χ1n) is 7.34. The van der Waals surface area contributed by atoms with Crippen molar-refractivity contribution in [2.75, 3.05) is 0 Å². The molecule has 2 fully saturated rings. The molecule has 1 spiro atoms. The number of hydrogen-bond acceptors (Lipinski definition) is 2. The first kappa shape index (κ1) is 14.4. The van der Waals surface area contributed by atoms with Gasteiger partial charge in [-0.2, -0.15) is 0 Å². The highest BCUT2D eigenvalue weighted by atomic mass is 16.2. The molecule has 0 aromatic heterocycles. The van der Waals surface area contributed by atoms with E-state index in [1.807, 2.05) is 39.5 Å². The van der Waals surface area contributed by atoms with Gasteiger partial charge in [0, 0.05) is 6.04 Å². The zero-order valence-electron chi connectivity index (χ0n) is 12.7. The number of carbonyl (C=O) groups excluding carboxylic acids is 2. The molecule has 0 bridgehead atoms. The Labute approximate surface area is 115 Å². The van der Waals surface area contributed by atoms with Crippen LogP contribution in [0.2, 0.25) is 0 Å². The van der Waals surface area contributed by atoms with Gasteiger partial charge in [0.15, 0.2) is 0 Å². The molecule has 1 aliphatic carbocycles. The highest BCUT2D eigenvalue weighted by Gasteiger charge is 2.55. The summed E-state index contributed by atoms with van der Waals surface area (Å²) in [5, 5.41) is 3.05. The lowest BCUT2D eigenvalue weighted by molar-refractivity contribution is -0.161. The molecule has 1 atom stereocenters. The Morgan fingerprint density at radius 2 is 1.74 bits per heavy atom. The number of nitrogens with zero attached hydrogens (tertiary/aromatic N) is 1. The molecule has 2 amide bonds. The average molecular weight is 266 g/mol. The van der Waals surface area contributed by atoms with Crippen molar-refractivity contribution in [2.45, 2.75) is 77.9 Å². The average Bonchev–Trinajstić information content (AvgIpc) is 2.70. The van der Waals surface area contributed by atoms with Gasteiger partial charge in [-0.15, -0.1) is 0 Å². The monoisotopic (exact) mass is 266 g/mol. The molecule has 1 saturated carbocycles. The summed E-state index contributed by atoms with van der Waals surface area (Å²) in [4.78, 5) is 27.3. The van der Waals surface area contributed by atoms with E-state index < -0.39 is 5.54 Å². The lowest BCUT2D eigenvalue weighted by Crippen LogP contribution is -2.73. The number of hydrogen-bond donors (Lipinski definition) is 1. The van der Waals surface area contributed by atoms with Crippen LogP contribution in [-0.2, 0) is 9.59 Å². The maximum absolute atomic E-state index is 12.9. The molecule has 108 valence electrons. The summed E-state index contributed by atoms with van der Waals surface area (Å²) in [7, 11) is 0. The highest BCUT2D eigenvalue weighted by molar-refractivity contribution is 6.00. The van der Waals surface area contributed by atoms with E-state index >= 15 is 0 Å². The van der Waals surface area contributed by atoms with Crippen LogP contribution in [0.3, 0.4) is 0 Å². The summed E-state index contributed by atoms with van der Waals surface area (Å²) in [6.45, 7) is 10.1. The number of rotatable bonds is 1. The lowest BCUT2D eigenvalue weighted by Gasteiger charge is -2.50. The van der Waals surface area contributed by atoms with E-state index in [2.05, 4.69) is 5.32 Å². The van der Waals surface area contributed by atoms with Crippen LogP contribution in [-0.4, -0.2) is 34.3 Å². The molecule has 1 heterocycles. The smallest absolute Gasteiger partial charge is 0.249 e. The van der Waals surface area contributed by atoms with Crippen LogP contribution in [0.5, 0.6) is 0 Å². The van der Waals surface area contributed by atoms with E-state index in [4.69, 9.17) is 0 Å². The summed E-state index contributed by atoms with van der Waals surface area (Å²) >= 11 is 0. The van der Waals surface area contributed by atoms with Gasteiger partial charge in [0.1, 0.15) is 11.6 Å². The van der Waals surface area contributed by atoms with Gasteiger partial charge in [-0.3, -0.25) is 9.59 Å². The van der Waals surface area contributed by atoms with Crippen molar-refractivity contribution in [1.29, 1.82) is 0 Å². The third-order valence-electron chi connectivity index (χ3n) is 4.37. The van der Waals surface area contributed by atoms with E-state index in [0.717, 1.165) is 25.7 Å². The van der Waals surface area contributed by atoms with Gasteiger partial charge < -0.3 is 10.2 Å². The highest BCUT2D eigenvalue weighted by Crippen LogP contribution is 2.39.